The number of allylic oxidation sites excluding steroid dienone is 6. The molecule has 5 heteroatoms. The van der Waals surface area contributed by atoms with Crippen molar-refractivity contribution in [3.63, 3.8) is 0 Å². The molecule has 0 aromatic rings. The minimum Gasteiger partial charge on any atom is -0.299 e. The van der Waals surface area contributed by atoms with E-state index in [1.165, 1.54) is 11.1 Å². The van der Waals surface area contributed by atoms with Gasteiger partial charge in [-0.05, 0) is 59.8 Å². The Hall–Kier alpha value is -1.65. The Morgan fingerprint density at radius 3 is 1.65 bits per heavy atom. The fraction of sp³-hybridized carbons (Fsp3) is 0.619. The van der Waals surface area contributed by atoms with E-state index in [1.54, 1.807) is 0 Å². The fourth-order valence-electron chi connectivity index (χ4n) is 2.41. The molecule has 0 atom stereocenters. The largest absolute Gasteiger partial charge is 0.395 e. The van der Waals surface area contributed by atoms with E-state index in [9.17, 15) is 22.8 Å². The second-order valence-corrected chi connectivity index (χ2v) is 7.04. The smallest absolute Gasteiger partial charge is 0.299 e. The maximum Gasteiger partial charge on any atom is 0.395 e. The zero-order valence-corrected chi connectivity index (χ0v) is 16.3. The summed E-state index contributed by atoms with van der Waals surface area (Å²) in [5.41, 5.74) is 3.83. The summed E-state index contributed by atoms with van der Waals surface area (Å²) in [6.45, 7) is 8.27. The second-order valence-electron chi connectivity index (χ2n) is 7.04. The number of carbonyl (C=O) groups excluding carboxylic acids is 2. The highest BCUT2D eigenvalue weighted by atomic mass is 19.4. The van der Waals surface area contributed by atoms with Crippen LogP contribution in [0.25, 0.3) is 0 Å². The minimum absolute atomic E-state index is 0.110. The summed E-state index contributed by atoms with van der Waals surface area (Å²) in [4.78, 5) is 22.7. The van der Waals surface area contributed by atoms with Crippen molar-refractivity contribution in [3.05, 3.63) is 34.9 Å². The second kappa shape index (κ2) is 12.7. The molecule has 26 heavy (non-hydrogen) atoms. The van der Waals surface area contributed by atoms with E-state index in [-0.39, 0.29) is 6.42 Å². The molecule has 0 aliphatic heterocycles. The van der Waals surface area contributed by atoms with Gasteiger partial charge < -0.3 is 0 Å². The number of rotatable bonds is 12. The lowest BCUT2D eigenvalue weighted by molar-refractivity contribution is -0.152. The quantitative estimate of drug-likeness (QED) is 0.283. The highest BCUT2D eigenvalue weighted by Gasteiger charge is 2.31. The standard InChI is InChI=1S/C21H31F3O2/c1-16(2)8-5-9-17(3)10-6-11-18(4)12-7-13-19(25)14-20(26)15-21(22,23)24/h8,10,12H,5-7,9,11,13-15H2,1-4H3. The molecule has 148 valence electrons. The minimum atomic E-state index is -4.54. The first-order chi connectivity index (χ1) is 12.0. The summed E-state index contributed by atoms with van der Waals surface area (Å²) in [5, 5.41) is 0. The first kappa shape index (κ1) is 24.4. The van der Waals surface area contributed by atoms with Gasteiger partial charge in [0.05, 0.1) is 6.42 Å². The van der Waals surface area contributed by atoms with Gasteiger partial charge in [0, 0.05) is 6.42 Å². The van der Waals surface area contributed by atoms with Crippen LogP contribution in [-0.2, 0) is 9.59 Å². The first-order valence-corrected chi connectivity index (χ1v) is 9.04. The van der Waals surface area contributed by atoms with Crippen molar-refractivity contribution in [2.24, 2.45) is 0 Å². The van der Waals surface area contributed by atoms with Gasteiger partial charge in [0.15, 0.2) is 0 Å². The van der Waals surface area contributed by atoms with Crippen LogP contribution in [0, 0.1) is 0 Å². The summed E-state index contributed by atoms with van der Waals surface area (Å²) in [7, 11) is 0. The monoisotopic (exact) mass is 372 g/mol. The third-order valence-electron chi connectivity index (χ3n) is 3.83. The molecule has 0 rings (SSSR count). The number of hydrogen-bond acceptors (Lipinski definition) is 2. The van der Waals surface area contributed by atoms with Crippen LogP contribution in [0.1, 0.15) is 79.1 Å². The molecule has 0 heterocycles. The average Bonchev–Trinajstić information content (AvgIpc) is 2.44. The number of hydrogen-bond donors (Lipinski definition) is 0. The van der Waals surface area contributed by atoms with E-state index in [4.69, 9.17) is 0 Å². The normalized spacial score (nSPS) is 12.9. The molecule has 0 aliphatic rings. The lowest BCUT2D eigenvalue weighted by Crippen LogP contribution is -2.17. The SMILES string of the molecule is CC(C)=CCCC(C)=CCCC(C)=CCCC(=O)CC(=O)CC(F)(F)F. The van der Waals surface area contributed by atoms with Crippen molar-refractivity contribution >= 4 is 11.6 Å². The number of Topliss-reactive ketones (excluding diaryl/α,β-unsaturated/α-hetero) is 2. The molecular formula is C21H31F3O2. The first-order valence-electron chi connectivity index (χ1n) is 9.04. The summed E-state index contributed by atoms with van der Waals surface area (Å²) < 4.78 is 36.1. The summed E-state index contributed by atoms with van der Waals surface area (Å²) >= 11 is 0. The topological polar surface area (TPSA) is 34.1 Å². The third kappa shape index (κ3) is 15.9. The van der Waals surface area contributed by atoms with Gasteiger partial charge in [-0.3, -0.25) is 9.59 Å². The molecule has 2 nitrogen and oxygen atoms in total. The van der Waals surface area contributed by atoms with Crippen LogP contribution < -0.4 is 0 Å². The molecule has 0 aromatic carbocycles. The molecule has 0 radical (unpaired) electrons. The maximum atomic E-state index is 12.0. The van der Waals surface area contributed by atoms with E-state index < -0.39 is 30.6 Å². The van der Waals surface area contributed by atoms with Crippen LogP contribution in [0.4, 0.5) is 13.2 Å². The average molecular weight is 372 g/mol. The molecule has 0 saturated heterocycles. The summed E-state index contributed by atoms with van der Waals surface area (Å²) in [5.74, 6) is -1.49. The van der Waals surface area contributed by atoms with Crippen LogP contribution in [0.5, 0.6) is 0 Å². The third-order valence-corrected chi connectivity index (χ3v) is 3.83. The van der Waals surface area contributed by atoms with E-state index in [2.05, 4.69) is 32.9 Å². The van der Waals surface area contributed by atoms with Crippen LogP contribution >= 0.6 is 0 Å². The van der Waals surface area contributed by atoms with E-state index in [0.29, 0.717) is 6.42 Å². The van der Waals surface area contributed by atoms with Gasteiger partial charge in [-0.15, -0.1) is 0 Å². The molecule has 0 unspecified atom stereocenters. The molecule has 0 N–H and O–H groups in total. The molecule has 0 aromatic heterocycles. The zero-order valence-electron chi connectivity index (χ0n) is 16.3. The molecular weight excluding hydrogens is 341 g/mol. The lowest BCUT2D eigenvalue weighted by Gasteiger charge is -2.04. The Labute approximate surface area is 155 Å². The molecule has 0 fully saturated rings. The number of carbonyl (C=O) groups is 2. The van der Waals surface area contributed by atoms with Crippen molar-refractivity contribution in [1.29, 1.82) is 0 Å². The summed E-state index contributed by atoms with van der Waals surface area (Å²) in [6, 6.07) is 0. The Balaban J connectivity index is 4.05. The highest BCUT2D eigenvalue weighted by molar-refractivity contribution is 5.99. The van der Waals surface area contributed by atoms with E-state index in [1.807, 2.05) is 13.0 Å². The number of alkyl halides is 3. The predicted molar refractivity (Wildman–Crippen MR) is 100.0 cm³/mol. The van der Waals surface area contributed by atoms with Crippen LogP contribution in [0.15, 0.2) is 34.9 Å². The maximum absolute atomic E-state index is 12.0. The van der Waals surface area contributed by atoms with Gasteiger partial charge in [0.25, 0.3) is 0 Å². The fourth-order valence-corrected chi connectivity index (χ4v) is 2.41. The van der Waals surface area contributed by atoms with Gasteiger partial charge in [-0.2, -0.15) is 13.2 Å². The zero-order chi connectivity index (χ0) is 20.2. The van der Waals surface area contributed by atoms with Crippen molar-refractivity contribution in [2.45, 2.75) is 85.2 Å². The van der Waals surface area contributed by atoms with Gasteiger partial charge >= 0.3 is 6.18 Å². The molecule has 0 bridgehead atoms. The van der Waals surface area contributed by atoms with Gasteiger partial charge in [-0.25, -0.2) is 0 Å². The lowest BCUT2D eigenvalue weighted by atomic mass is 10.0. The Kier molecular flexibility index (Phi) is 11.9. The van der Waals surface area contributed by atoms with E-state index in [0.717, 1.165) is 31.3 Å². The molecule has 0 aliphatic carbocycles. The number of ketones is 2. The summed E-state index contributed by atoms with van der Waals surface area (Å²) in [6.07, 6.45) is 4.18. The highest BCUT2D eigenvalue weighted by Crippen LogP contribution is 2.20. The van der Waals surface area contributed by atoms with Crippen molar-refractivity contribution in [3.8, 4) is 0 Å². The van der Waals surface area contributed by atoms with Crippen molar-refractivity contribution in [2.75, 3.05) is 0 Å². The Morgan fingerprint density at radius 2 is 1.19 bits per heavy atom. The Morgan fingerprint density at radius 1 is 0.731 bits per heavy atom. The van der Waals surface area contributed by atoms with Crippen molar-refractivity contribution in [1.82, 2.24) is 0 Å². The van der Waals surface area contributed by atoms with Gasteiger partial charge in [0.2, 0.25) is 0 Å². The van der Waals surface area contributed by atoms with Crippen LogP contribution in [0.2, 0.25) is 0 Å². The molecule has 0 saturated carbocycles. The Bertz CT molecular complexity index is 548. The van der Waals surface area contributed by atoms with Crippen LogP contribution in [0.3, 0.4) is 0 Å². The predicted octanol–water partition coefficient (Wildman–Crippen LogP) is 6.67. The number of halogens is 3. The van der Waals surface area contributed by atoms with Gasteiger partial charge in [0.1, 0.15) is 18.0 Å². The van der Waals surface area contributed by atoms with Crippen molar-refractivity contribution < 1.29 is 22.8 Å². The molecule has 0 amide bonds. The van der Waals surface area contributed by atoms with Gasteiger partial charge in [-0.1, -0.05) is 34.9 Å². The van der Waals surface area contributed by atoms with Crippen LogP contribution in [-0.4, -0.2) is 17.7 Å². The van der Waals surface area contributed by atoms with E-state index >= 15 is 0 Å². The molecule has 0 spiro atoms.